The number of hydrogen-bond acceptors (Lipinski definition) is 7. The Morgan fingerprint density at radius 2 is 1.68 bits per heavy atom. The van der Waals surface area contributed by atoms with Gasteiger partial charge in [-0.1, -0.05) is 0 Å². The van der Waals surface area contributed by atoms with Crippen molar-refractivity contribution in [3.05, 3.63) is 29.8 Å². The normalized spacial score (nSPS) is 10.1. The van der Waals surface area contributed by atoms with Gasteiger partial charge in [0.25, 0.3) is 0 Å². The smallest absolute Gasteiger partial charge is 0.233 e. The van der Waals surface area contributed by atoms with Gasteiger partial charge in [0.15, 0.2) is 11.5 Å². The fourth-order valence-corrected chi connectivity index (χ4v) is 1.87. The minimum absolute atomic E-state index is 0.289. The van der Waals surface area contributed by atoms with Crippen LogP contribution < -0.4 is 24.7 Å². The molecule has 0 spiro atoms. The summed E-state index contributed by atoms with van der Waals surface area (Å²) in [6.07, 6.45) is 0. The highest BCUT2D eigenvalue weighted by molar-refractivity contribution is 5.53. The Morgan fingerprint density at radius 1 is 1.00 bits per heavy atom. The molecule has 0 aliphatic rings. The van der Waals surface area contributed by atoms with E-state index >= 15 is 0 Å². The van der Waals surface area contributed by atoms with Crippen molar-refractivity contribution in [1.29, 1.82) is 0 Å². The van der Waals surface area contributed by atoms with Crippen LogP contribution in [0.4, 0.5) is 5.82 Å². The second kappa shape index (κ2) is 7.35. The Bertz CT molecular complexity index is 592. The Kier molecular flexibility index (Phi) is 5.24. The molecule has 0 radical (unpaired) electrons. The summed E-state index contributed by atoms with van der Waals surface area (Å²) < 4.78 is 21.8. The van der Waals surface area contributed by atoms with Crippen LogP contribution in [0.25, 0.3) is 0 Å². The molecule has 7 nitrogen and oxygen atoms in total. The van der Waals surface area contributed by atoms with Crippen LogP contribution in [0.3, 0.4) is 0 Å². The predicted octanol–water partition coefficient (Wildman–Crippen LogP) is 2.05. The third-order valence-electron chi connectivity index (χ3n) is 2.86. The maximum absolute atomic E-state index is 5.56. The number of aromatic nitrogens is 2. The van der Waals surface area contributed by atoms with E-state index in [0.717, 1.165) is 5.56 Å². The molecule has 0 aliphatic heterocycles. The molecule has 0 atom stereocenters. The lowest BCUT2D eigenvalue weighted by Crippen LogP contribution is -2.03. The summed E-state index contributed by atoms with van der Waals surface area (Å²) >= 11 is 0. The van der Waals surface area contributed by atoms with E-state index in [1.807, 2.05) is 19.1 Å². The van der Waals surface area contributed by atoms with E-state index in [2.05, 4.69) is 10.2 Å². The second-order valence-electron chi connectivity index (χ2n) is 4.35. The van der Waals surface area contributed by atoms with Crippen molar-refractivity contribution in [3.8, 4) is 23.1 Å². The molecule has 0 saturated carbocycles. The number of rotatable bonds is 7. The number of benzene rings is 1. The molecule has 118 valence electrons. The summed E-state index contributed by atoms with van der Waals surface area (Å²) in [4.78, 5) is 0. The third-order valence-corrected chi connectivity index (χ3v) is 2.86. The zero-order valence-corrected chi connectivity index (χ0v) is 12.8. The van der Waals surface area contributed by atoms with E-state index in [1.165, 1.54) is 0 Å². The van der Waals surface area contributed by atoms with Crippen molar-refractivity contribution < 1.29 is 18.9 Å². The molecule has 1 aromatic carbocycles. The maximum atomic E-state index is 5.56. The standard InChI is InChI=1S/C15H19N3O4/c1-4-21-15-11(19-2)7-10(8-12(15)20-3)9-22-14-6-5-13(16)17-18-14/h5-8H,4,9H2,1-3H3,(H2,16,17). The predicted molar refractivity (Wildman–Crippen MR) is 81.5 cm³/mol. The largest absolute Gasteiger partial charge is 0.493 e. The minimum Gasteiger partial charge on any atom is -0.493 e. The van der Waals surface area contributed by atoms with Crippen molar-refractivity contribution in [2.24, 2.45) is 0 Å². The van der Waals surface area contributed by atoms with Crippen LogP contribution in [0.1, 0.15) is 12.5 Å². The lowest BCUT2D eigenvalue weighted by Gasteiger charge is -2.15. The first kappa shape index (κ1) is 15.7. The first-order chi connectivity index (χ1) is 10.7. The Morgan fingerprint density at radius 3 is 2.18 bits per heavy atom. The highest BCUT2D eigenvalue weighted by atomic mass is 16.5. The zero-order valence-electron chi connectivity index (χ0n) is 12.8. The average molecular weight is 305 g/mol. The molecule has 22 heavy (non-hydrogen) atoms. The summed E-state index contributed by atoms with van der Waals surface area (Å²) in [6.45, 7) is 2.71. The average Bonchev–Trinajstić information content (AvgIpc) is 2.55. The van der Waals surface area contributed by atoms with Gasteiger partial charge in [-0.3, -0.25) is 0 Å². The van der Waals surface area contributed by atoms with E-state index in [4.69, 9.17) is 24.7 Å². The molecule has 7 heteroatoms. The number of ether oxygens (including phenoxy) is 4. The van der Waals surface area contributed by atoms with Gasteiger partial charge in [-0.2, -0.15) is 0 Å². The first-order valence-electron chi connectivity index (χ1n) is 6.77. The topological polar surface area (TPSA) is 88.7 Å². The Balaban J connectivity index is 2.18. The van der Waals surface area contributed by atoms with E-state index in [0.29, 0.717) is 35.6 Å². The zero-order chi connectivity index (χ0) is 15.9. The van der Waals surface area contributed by atoms with Crippen molar-refractivity contribution in [3.63, 3.8) is 0 Å². The van der Waals surface area contributed by atoms with Crippen LogP contribution in [0.5, 0.6) is 23.1 Å². The molecular formula is C15H19N3O4. The van der Waals surface area contributed by atoms with Gasteiger partial charge in [-0.05, 0) is 30.7 Å². The molecule has 2 rings (SSSR count). The maximum Gasteiger partial charge on any atom is 0.233 e. The summed E-state index contributed by atoms with van der Waals surface area (Å²) in [5.41, 5.74) is 6.34. The fraction of sp³-hybridized carbons (Fsp3) is 0.333. The van der Waals surface area contributed by atoms with E-state index in [-0.39, 0.29) is 6.61 Å². The minimum atomic E-state index is 0.289. The number of hydrogen-bond donors (Lipinski definition) is 1. The summed E-state index contributed by atoms with van der Waals surface area (Å²) in [5.74, 6) is 2.48. The van der Waals surface area contributed by atoms with Crippen LogP contribution in [0, 0.1) is 0 Å². The van der Waals surface area contributed by atoms with Gasteiger partial charge >= 0.3 is 0 Å². The Labute approximate surface area is 129 Å². The number of anilines is 1. The Hall–Kier alpha value is -2.70. The van der Waals surface area contributed by atoms with Crippen LogP contribution in [0.2, 0.25) is 0 Å². The molecule has 0 bridgehead atoms. The summed E-state index contributed by atoms with van der Waals surface area (Å²) in [5, 5.41) is 7.57. The molecular weight excluding hydrogens is 286 g/mol. The molecule has 2 aromatic rings. The molecule has 1 heterocycles. The lowest BCUT2D eigenvalue weighted by molar-refractivity contribution is 0.277. The molecule has 2 N–H and O–H groups in total. The van der Waals surface area contributed by atoms with Gasteiger partial charge in [-0.15, -0.1) is 10.2 Å². The van der Waals surface area contributed by atoms with Crippen molar-refractivity contribution in [2.45, 2.75) is 13.5 Å². The molecule has 1 aromatic heterocycles. The van der Waals surface area contributed by atoms with Crippen LogP contribution in [-0.4, -0.2) is 31.0 Å². The number of nitrogens with zero attached hydrogens (tertiary/aromatic N) is 2. The van der Waals surface area contributed by atoms with Gasteiger partial charge < -0.3 is 24.7 Å². The summed E-state index contributed by atoms with van der Waals surface area (Å²) in [7, 11) is 3.15. The van der Waals surface area contributed by atoms with Gasteiger partial charge in [0.05, 0.1) is 20.8 Å². The van der Waals surface area contributed by atoms with Gasteiger partial charge in [0, 0.05) is 6.07 Å². The fourth-order valence-electron chi connectivity index (χ4n) is 1.87. The van der Waals surface area contributed by atoms with Gasteiger partial charge in [0.2, 0.25) is 11.6 Å². The van der Waals surface area contributed by atoms with Crippen LogP contribution in [-0.2, 0) is 6.61 Å². The quantitative estimate of drug-likeness (QED) is 0.837. The highest BCUT2D eigenvalue weighted by Crippen LogP contribution is 2.38. The highest BCUT2D eigenvalue weighted by Gasteiger charge is 2.14. The van der Waals surface area contributed by atoms with E-state index in [9.17, 15) is 0 Å². The van der Waals surface area contributed by atoms with Crippen molar-refractivity contribution in [1.82, 2.24) is 10.2 Å². The summed E-state index contributed by atoms with van der Waals surface area (Å²) in [6, 6.07) is 6.95. The first-order valence-corrected chi connectivity index (χ1v) is 6.77. The van der Waals surface area contributed by atoms with Gasteiger partial charge in [0.1, 0.15) is 12.4 Å². The van der Waals surface area contributed by atoms with E-state index in [1.54, 1.807) is 26.4 Å². The number of nitrogens with two attached hydrogens (primary N) is 1. The lowest BCUT2D eigenvalue weighted by atomic mass is 10.2. The van der Waals surface area contributed by atoms with Crippen LogP contribution in [0.15, 0.2) is 24.3 Å². The molecule has 0 unspecified atom stereocenters. The molecule has 0 aliphatic carbocycles. The second-order valence-corrected chi connectivity index (χ2v) is 4.35. The van der Waals surface area contributed by atoms with E-state index < -0.39 is 0 Å². The molecule has 0 saturated heterocycles. The monoisotopic (exact) mass is 305 g/mol. The van der Waals surface area contributed by atoms with Crippen LogP contribution >= 0.6 is 0 Å². The van der Waals surface area contributed by atoms with Gasteiger partial charge in [-0.25, -0.2) is 0 Å². The SMILES string of the molecule is CCOc1c(OC)cc(COc2ccc(N)nn2)cc1OC. The molecule has 0 fully saturated rings. The number of nitrogen functional groups attached to an aromatic ring is 1. The van der Waals surface area contributed by atoms with Crippen molar-refractivity contribution in [2.75, 3.05) is 26.6 Å². The molecule has 0 amide bonds. The number of methoxy groups -OCH3 is 2. The third kappa shape index (κ3) is 3.69. The van der Waals surface area contributed by atoms with Crippen molar-refractivity contribution >= 4 is 5.82 Å².